The van der Waals surface area contributed by atoms with Gasteiger partial charge >= 0.3 is 0 Å². The van der Waals surface area contributed by atoms with Crippen LogP contribution in [0.15, 0.2) is 17.0 Å². The Morgan fingerprint density at radius 1 is 1.33 bits per heavy atom. The third-order valence-corrected chi connectivity index (χ3v) is 3.68. The minimum Gasteiger partial charge on any atom is -0.399 e. The van der Waals surface area contributed by atoms with E-state index in [1.54, 1.807) is 6.92 Å². The number of hydrogen-bond acceptors (Lipinski definition) is 4. The minimum absolute atomic E-state index is 0.223. The number of halogens is 2. The number of nitrogens with two attached hydrogens (primary N) is 1. The van der Waals surface area contributed by atoms with Gasteiger partial charge in [0.25, 0.3) is 0 Å². The first-order valence-electron chi connectivity index (χ1n) is 5.02. The summed E-state index contributed by atoms with van der Waals surface area (Å²) in [6, 6.07) is 1.38. The Morgan fingerprint density at radius 2 is 1.83 bits per heavy atom. The molecular weight excluding hydrogens is 266 g/mol. The molecule has 0 bridgehead atoms. The van der Waals surface area contributed by atoms with Gasteiger partial charge in [0.2, 0.25) is 5.91 Å². The molecule has 0 aliphatic carbocycles. The molecule has 0 saturated carbocycles. The molecule has 0 atom stereocenters. The predicted molar refractivity (Wildman–Crippen MR) is 61.5 cm³/mol. The Bertz CT molecular complexity index is 549. The number of nitrogens with one attached hydrogen (secondary N) is 1. The molecule has 0 unspecified atom stereocenters. The zero-order valence-corrected chi connectivity index (χ0v) is 10.4. The number of carbonyl (C=O) groups is 1. The maximum Gasteiger partial charge on any atom is 0.235 e. The van der Waals surface area contributed by atoms with Crippen molar-refractivity contribution in [1.29, 1.82) is 0 Å². The Balaban J connectivity index is 3.17. The summed E-state index contributed by atoms with van der Waals surface area (Å²) in [5.41, 5.74) is 4.93. The molecule has 0 heterocycles. The van der Waals surface area contributed by atoms with Crippen molar-refractivity contribution in [2.45, 2.75) is 11.8 Å². The molecule has 3 N–H and O–H groups in total. The van der Waals surface area contributed by atoms with Crippen LogP contribution in [0, 0.1) is 11.6 Å². The first-order valence-corrected chi connectivity index (χ1v) is 6.67. The molecule has 18 heavy (non-hydrogen) atoms. The maximum atomic E-state index is 13.4. The van der Waals surface area contributed by atoms with Crippen molar-refractivity contribution in [1.82, 2.24) is 5.32 Å². The van der Waals surface area contributed by atoms with E-state index in [1.807, 2.05) is 0 Å². The lowest BCUT2D eigenvalue weighted by Gasteiger charge is -2.07. The third-order valence-electron chi connectivity index (χ3n) is 2.03. The van der Waals surface area contributed by atoms with Crippen molar-refractivity contribution >= 4 is 21.4 Å². The zero-order chi connectivity index (χ0) is 13.9. The first-order chi connectivity index (χ1) is 8.27. The number of anilines is 1. The lowest BCUT2D eigenvalue weighted by Crippen LogP contribution is -2.30. The Hall–Kier alpha value is -1.70. The fourth-order valence-electron chi connectivity index (χ4n) is 1.37. The smallest absolute Gasteiger partial charge is 0.235 e. The van der Waals surface area contributed by atoms with Gasteiger partial charge in [0.05, 0.1) is 0 Å². The largest absolute Gasteiger partial charge is 0.399 e. The summed E-state index contributed by atoms with van der Waals surface area (Å²) in [6.45, 7) is 1.82. The average molecular weight is 278 g/mol. The second-order valence-electron chi connectivity index (χ2n) is 3.53. The second-order valence-corrected chi connectivity index (χ2v) is 5.45. The van der Waals surface area contributed by atoms with Gasteiger partial charge in [0, 0.05) is 12.2 Å². The van der Waals surface area contributed by atoms with Gasteiger partial charge in [-0.1, -0.05) is 0 Å². The monoisotopic (exact) mass is 278 g/mol. The van der Waals surface area contributed by atoms with Crippen LogP contribution in [0.5, 0.6) is 0 Å². The number of amides is 1. The Morgan fingerprint density at radius 3 is 2.28 bits per heavy atom. The normalized spacial score (nSPS) is 11.3. The van der Waals surface area contributed by atoms with Crippen LogP contribution in [0.1, 0.15) is 6.92 Å². The molecular formula is C10H12F2N2O3S. The van der Waals surface area contributed by atoms with Crippen LogP contribution in [0.4, 0.5) is 14.5 Å². The predicted octanol–water partition coefficient (Wildman–Crippen LogP) is 0.457. The van der Waals surface area contributed by atoms with Crippen LogP contribution in [-0.4, -0.2) is 26.6 Å². The molecule has 0 spiro atoms. The van der Waals surface area contributed by atoms with Crippen LogP contribution in [0.25, 0.3) is 0 Å². The summed E-state index contributed by atoms with van der Waals surface area (Å²) in [5, 5.41) is 2.23. The molecule has 0 aliphatic rings. The van der Waals surface area contributed by atoms with Gasteiger partial charge in [0.1, 0.15) is 22.3 Å². The van der Waals surface area contributed by atoms with Crippen molar-refractivity contribution in [2.75, 3.05) is 18.0 Å². The summed E-state index contributed by atoms with van der Waals surface area (Å²) in [5.74, 6) is -4.46. The van der Waals surface area contributed by atoms with Gasteiger partial charge in [-0.3, -0.25) is 4.79 Å². The quantitative estimate of drug-likeness (QED) is 0.783. The zero-order valence-electron chi connectivity index (χ0n) is 9.54. The summed E-state index contributed by atoms with van der Waals surface area (Å²) in [4.78, 5) is 10.0. The summed E-state index contributed by atoms with van der Waals surface area (Å²) >= 11 is 0. The van der Waals surface area contributed by atoms with E-state index in [0.717, 1.165) is 0 Å². The van der Waals surface area contributed by atoms with E-state index < -0.39 is 38.0 Å². The van der Waals surface area contributed by atoms with Crippen LogP contribution in [-0.2, 0) is 14.6 Å². The third kappa shape index (κ3) is 3.16. The molecule has 0 radical (unpaired) electrons. The molecule has 0 aromatic heterocycles. The Labute approximate surface area is 103 Å². The molecule has 0 fully saturated rings. The topological polar surface area (TPSA) is 89.3 Å². The lowest BCUT2D eigenvalue weighted by molar-refractivity contribution is -0.118. The molecule has 8 heteroatoms. The molecule has 100 valence electrons. The molecule has 0 aliphatic heterocycles. The highest BCUT2D eigenvalue weighted by molar-refractivity contribution is 7.92. The number of benzene rings is 1. The van der Waals surface area contributed by atoms with Gasteiger partial charge in [-0.25, -0.2) is 17.2 Å². The molecule has 1 amide bonds. The number of hydrogen-bond donors (Lipinski definition) is 2. The molecule has 1 aromatic carbocycles. The highest BCUT2D eigenvalue weighted by atomic mass is 32.2. The Kier molecular flexibility index (Phi) is 4.23. The highest BCUT2D eigenvalue weighted by Gasteiger charge is 2.27. The minimum atomic E-state index is -4.38. The van der Waals surface area contributed by atoms with E-state index in [4.69, 9.17) is 5.73 Å². The van der Waals surface area contributed by atoms with Crippen molar-refractivity contribution in [3.8, 4) is 0 Å². The average Bonchev–Trinajstić information content (AvgIpc) is 2.13. The van der Waals surface area contributed by atoms with E-state index in [1.165, 1.54) is 0 Å². The van der Waals surface area contributed by atoms with Gasteiger partial charge in [-0.2, -0.15) is 0 Å². The lowest BCUT2D eigenvalue weighted by atomic mass is 10.3. The van der Waals surface area contributed by atoms with Crippen LogP contribution >= 0.6 is 0 Å². The fourth-order valence-corrected chi connectivity index (χ4v) is 2.67. The fraction of sp³-hybridized carbons (Fsp3) is 0.300. The van der Waals surface area contributed by atoms with Gasteiger partial charge in [0.15, 0.2) is 9.84 Å². The molecule has 1 rings (SSSR count). The van der Waals surface area contributed by atoms with Crippen LogP contribution in [0.2, 0.25) is 0 Å². The van der Waals surface area contributed by atoms with Crippen molar-refractivity contribution in [3.05, 3.63) is 23.8 Å². The maximum absolute atomic E-state index is 13.4. The van der Waals surface area contributed by atoms with Crippen LogP contribution < -0.4 is 11.1 Å². The van der Waals surface area contributed by atoms with Crippen molar-refractivity contribution < 1.29 is 22.0 Å². The molecule has 0 saturated heterocycles. The number of rotatable bonds is 4. The van der Waals surface area contributed by atoms with Gasteiger partial charge in [-0.15, -0.1) is 0 Å². The first kappa shape index (κ1) is 14.4. The highest BCUT2D eigenvalue weighted by Crippen LogP contribution is 2.22. The standard InChI is InChI=1S/C10H12F2N2O3S/c1-2-14-9(15)5-18(16,17)10-7(11)3-6(13)4-8(10)12/h3-4H,2,5,13H2,1H3,(H,14,15). The van der Waals surface area contributed by atoms with E-state index in [2.05, 4.69) is 5.32 Å². The number of carbonyl (C=O) groups excluding carboxylic acids is 1. The van der Waals surface area contributed by atoms with E-state index >= 15 is 0 Å². The SMILES string of the molecule is CCNC(=O)CS(=O)(=O)c1c(F)cc(N)cc1F. The van der Waals surface area contributed by atoms with Crippen LogP contribution in [0.3, 0.4) is 0 Å². The van der Waals surface area contributed by atoms with Gasteiger partial charge in [-0.05, 0) is 19.1 Å². The van der Waals surface area contributed by atoms with Crippen molar-refractivity contribution in [2.24, 2.45) is 0 Å². The molecule has 1 aromatic rings. The number of sulfone groups is 1. The molecule has 5 nitrogen and oxygen atoms in total. The van der Waals surface area contributed by atoms with E-state index in [9.17, 15) is 22.0 Å². The summed E-state index contributed by atoms with van der Waals surface area (Å²) < 4.78 is 50.2. The van der Waals surface area contributed by atoms with Gasteiger partial charge < -0.3 is 11.1 Å². The van der Waals surface area contributed by atoms with E-state index in [0.29, 0.717) is 12.1 Å². The number of nitrogen functional groups attached to an aromatic ring is 1. The van der Waals surface area contributed by atoms with E-state index in [-0.39, 0.29) is 12.2 Å². The summed E-state index contributed by atoms with van der Waals surface area (Å²) in [6.07, 6.45) is 0. The van der Waals surface area contributed by atoms with Crippen molar-refractivity contribution in [3.63, 3.8) is 0 Å². The summed E-state index contributed by atoms with van der Waals surface area (Å²) in [7, 11) is -4.38. The second kappa shape index (κ2) is 5.30.